The summed E-state index contributed by atoms with van der Waals surface area (Å²) in [6, 6.07) is 5.75. The van der Waals surface area contributed by atoms with E-state index in [-0.39, 0.29) is 24.5 Å². The minimum absolute atomic E-state index is 0.128. The molecule has 8 heteroatoms. The second kappa shape index (κ2) is 8.80. The molecule has 0 spiro atoms. The van der Waals surface area contributed by atoms with Gasteiger partial charge in [0.25, 0.3) is 0 Å². The van der Waals surface area contributed by atoms with Crippen LogP contribution in [0, 0.1) is 20.8 Å². The average Bonchev–Trinajstić information content (AvgIpc) is 3.20. The number of aryl methyl sites for hydroxylation is 2. The van der Waals surface area contributed by atoms with Crippen molar-refractivity contribution >= 4 is 23.5 Å². The van der Waals surface area contributed by atoms with Crippen LogP contribution in [0.3, 0.4) is 0 Å². The first kappa shape index (κ1) is 21.1. The standard InChI is InChI=1S/C21H24ClN3O4/c1-12-4-7-17(9-18(12)22)25-14(3)21(13(2)24-25)15-5-6-16(8-15)23-19(26)10-29-11-20(27)28/h4-7,9,15-16H,8,10-11H2,1-3H3,(H,23,26)(H,27,28)/t15-,16+/m0/s1. The minimum Gasteiger partial charge on any atom is -0.480 e. The average molecular weight is 418 g/mol. The molecule has 7 nitrogen and oxygen atoms in total. The van der Waals surface area contributed by atoms with Crippen LogP contribution in [0.15, 0.2) is 30.4 Å². The fraction of sp³-hybridized carbons (Fsp3) is 0.381. The molecule has 1 aliphatic carbocycles. The lowest BCUT2D eigenvalue weighted by atomic mass is 9.96. The lowest BCUT2D eigenvalue weighted by Crippen LogP contribution is -2.35. The van der Waals surface area contributed by atoms with Gasteiger partial charge in [-0.2, -0.15) is 5.10 Å². The van der Waals surface area contributed by atoms with E-state index >= 15 is 0 Å². The molecular formula is C21H24ClN3O4. The van der Waals surface area contributed by atoms with Gasteiger partial charge in [-0.1, -0.05) is 29.8 Å². The Labute approximate surface area is 174 Å². The van der Waals surface area contributed by atoms with Crippen LogP contribution in [-0.4, -0.2) is 46.0 Å². The molecule has 0 fully saturated rings. The molecule has 2 aromatic rings. The summed E-state index contributed by atoms with van der Waals surface area (Å²) in [5.41, 5.74) is 5.04. The van der Waals surface area contributed by atoms with E-state index in [0.29, 0.717) is 11.4 Å². The molecule has 29 heavy (non-hydrogen) atoms. The predicted octanol–water partition coefficient (Wildman–Crippen LogP) is 3.08. The molecule has 1 aliphatic rings. The van der Waals surface area contributed by atoms with Gasteiger partial charge in [0.1, 0.15) is 13.2 Å². The number of benzene rings is 1. The van der Waals surface area contributed by atoms with E-state index < -0.39 is 12.6 Å². The van der Waals surface area contributed by atoms with E-state index in [9.17, 15) is 9.59 Å². The highest BCUT2D eigenvalue weighted by Crippen LogP contribution is 2.34. The van der Waals surface area contributed by atoms with Gasteiger partial charge in [0.15, 0.2) is 0 Å². The van der Waals surface area contributed by atoms with Gasteiger partial charge in [0.05, 0.1) is 11.4 Å². The molecule has 2 atom stereocenters. The van der Waals surface area contributed by atoms with Gasteiger partial charge in [-0.25, -0.2) is 9.48 Å². The van der Waals surface area contributed by atoms with Crippen LogP contribution in [0.4, 0.5) is 0 Å². The molecule has 1 amide bonds. The number of rotatable bonds is 7. The van der Waals surface area contributed by atoms with Crippen molar-refractivity contribution in [3.8, 4) is 5.69 Å². The van der Waals surface area contributed by atoms with Gasteiger partial charge in [0, 0.05) is 28.2 Å². The van der Waals surface area contributed by atoms with Crippen molar-refractivity contribution in [2.24, 2.45) is 0 Å². The zero-order valence-corrected chi connectivity index (χ0v) is 17.4. The molecule has 3 rings (SSSR count). The Kier molecular flexibility index (Phi) is 6.39. The highest BCUT2D eigenvalue weighted by molar-refractivity contribution is 6.31. The van der Waals surface area contributed by atoms with E-state index in [1.807, 2.05) is 49.7 Å². The topological polar surface area (TPSA) is 93.5 Å². The summed E-state index contributed by atoms with van der Waals surface area (Å²) in [6.07, 6.45) is 4.75. The third kappa shape index (κ3) is 4.86. The van der Waals surface area contributed by atoms with Crippen LogP contribution in [0.25, 0.3) is 5.69 Å². The Bertz CT molecular complexity index is 967. The van der Waals surface area contributed by atoms with E-state index in [1.54, 1.807) is 0 Å². The van der Waals surface area contributed by atoms with Crippen molar-refractivity contribution in [1.29, 1.82) is 0 Å². The fourth-order valence-corrected chi connectivity index (χ4v) is 3.83. The molecule has 2 N–H and O–H groups in total. The maximum absolute atomic E-state index is 11.9. The molecule has 154 valence electrons. The number of halogens is 1. The Hall–Kier alpha value is -2.64. The SMILES string of the molecule is Cc1ccc(-n2nc(C)c([C@H]3C=C[C@@H](NC(=O)COCC(=O)O)C3)c2C)cc1Cl. The quantitative estimate of drug-likeness (QED) is 0.675. The molecule has 0 saturated heterocycles. The third-order valence-corrected chi connectivity index (χ3v) is 5.41. The second-order valence-corrected chi connectivity index (χ2v) is 7.62. The van der Waals surface area contributed by atoms with Crippen molar-refractivity contribution in [3.63, 3.8) is 0 Å². The summed E-state index contributed by atoms with van der Waals surface area (Å²) >= 11 is 6.28. The van der Waals surface area contributed by atoms with Crippen LogP contribution >= 0.6 is 11.6 Å². The van der Waals surface area contributed by atoms with Crippen LogP contribution in [0.2, 0.25) is 5.02 Å². The number of nitrogens with zero attached hydrogens (tertiary/aromatic N) is 2. The molecule has 0 unspecified atom stereocenters. The largest absolute Gasteiger partial charge is 0.480 e. The number of amides is 1. The van der Waals surface area contributed by atoms with Gasteiger partial charge in [0.2, 0.25) is 5.91 Å². The van der Waals surface area contributed by atoms with E-state index in [2.05, 4.69) is 11.4 Å². The van der Waals surface area contributed by atoms with Gasteiger partial charge < -0.3 is 15.2 Å². The first-order valence-electron chi connectivity index (χ1n) is 9.36. The number of allylic oxidation sites excluding steroid dienone is 1. The maximum atomic E-state index is 11.9. The van der Waals surface area contributed by atoms with Crippen LogP contribution in [-0.2, 0) is 14.3 Å². The summed E-state index contributed by atoms with van der Waals surface area (Å²) < 4.78 is 6.73. The predicted molar refractivity (Wildman–Crippen MR) is 110 cm³/mol. The summed E-state index contributed by atoms with van der Waals surface area (Å²) in [7, 11) is 0. The summed E-state index contributed by atoms with van der Waals surface area (Å²) in [6.45, 7) is 5.21. The molecule has 1 heterocycles. The number of carbonyl (C=O) groups excluding carboxylic acids is 1. The smallest absolute Gasteiger partial charge is 0.329 e. The van der Waals surface area contributed by atoms with Crippen LogP contribution < -0.4 is 5.32 Å². The number of ether oxygens (including phenoxy) is 1. The first-order chi connectivity index (χ1) is 13.8. The summed E-state index contributed by atoms with van der Waals surface area (Å²) in [4.78, 5) is 22.4. The number of carboxylic acids is 1. The summed E-state index contributed by atoms with van der Waals surface area (Å²) in [5, 5.41) is 16.8. The Morgan fingerprint density at radius 2 is 2.03 bits per heavy atom. The Balaban J connectivity index is 1.68. The zero-order chi connectivity index (χ0) is 21.1. The number of carbonyl (C=O) groups is 2. The van der Waals surface area contributed by atoms with Crippen molar-refractivity contribution in [3.05, 3.63) is 57.9 Å². The lowest BCUT2D eigenvalue weighted by Gasteiger charge is -2.15. The van der Waals surface area contributed by atoms with Crippen molar-refractivity contribution in [2.45, 2.75) is 39.2 Å². The maximum Gasteiger partial charge on any atom is 0.329 e. The van der Waals surface area contributed by atoms with Crippen molar-refractivity contribution < 1.29 is 19.4 Å². The van der Waals surface area contributed by atoms with E-state index in [1.165, 1.54) is 0 Å². The van der Waals surface area contributed by atoms with E-state index in [4.69, 9.17) is 26.5 Å². The minimum atomic E-state index is -1.10. The fourth-order valence-electron chi connectivity index (χ4n) is 3.66. The second-order valence-electron chi connectivity index (χ2n) is 7.22. The van der Waals surface area contributed by atoms with Crippen LogP contribution in [0.1, 0.15) is 34.9 Å². The lowest BCUT2D eigenvalue weighted by molar-refractivity contribution is -0.143. The number of hydrogen-bond donors (Lipinski definition) is 2. The Morgan fingerprint density at radius 1 is 1.28 bits per heavy atom. The summed E-state index contributed by atoms with van der Waals surface area (Å²) in [5.74, 6) is -1.30. The van der Waals surface area contributed by atoms with Crippen molar-refractivity contribution in [1.82, 2.24) is 15.1 Å². The van der Waals surface area contributed by atoms with E-state index in [0.717, 1.165) is 28.2 Å². The highest BCUT2D eigenvalue weighted by Gasteiger charge is 2.27. The number of aliphatic carboxylic acids is 1. The molecule has 1 aromatic carbocycles. The molecule has 0 aliphatic heterocycles. The molecular weight excluding hydrogens is 394 g/mol. The number of aromatic nitrogens is 2. The monoisotopic (exact) mass is 417 g/mol. The first-order valence-corrected chi connectivity index (χ1v) is 9.74. The molecule has 1 aromatic heterocycles. The van der Waals surface area contributed by atoms with Gasteiger partial charge in [-0.15, -0.1) is 0 Å². The highest BCUT2D eigenvalue weighted by atomic mass is 35.5. The van der Waals surface area contributed by atoms with Gasteiger partial charge >= 0.3 is 5.97 Å². The molecule has 0 saturated carbocycles. The number of hydrogen-bond acceptors (Lipinski definition) is 4. The van der Waals surface area contributed by atoms with Gasteiger partial charge in [-0.05, 0) is 44.9 Å². The van der Waals surface area contributed by atoms with Crippen LogP contribution in [0.5, 0.6) is 0 Å². The number of nitrogens with one attached hydrogen (secondary N) is 1. The normalized spacial score (nSPS) is 18.2. The molecule has 0 radical (unpaired) electrons. The molecule has 0 bridgehead atoms. The zero-order valence-electron chi connectivity index (χ0n) is 16.6. The van der Waals surface area contributed by atoms with Crippen molar-refractivity contribution in [2.75, 3.05) is 13.2 Å². The number of carboxylic acid groups (broad SMARTS) is 1. The third-order valence-electron chi connectivity index (χ3n) is 5.01. The van der Waals surface area contributed by atoms with Gasteiger partial charge in [-0.3, -0.25) is 4.79 Å². The Morgan fingerprint density at radius 3 is 2.72 bits per heavy atom.